The van der Waals surface area contributed by atoms with Gasteiger partial charge in [-0.25, -0.2) is 0 Å². The molecule has 0 aliphatic carbocycles. The second-order valence-electron chi connectivity index (χ2n) is 4.86. The predicted octanol–water partition coefficient (Wildman–Crippen LogP) is 3.15. The van der Waals surface area contributed by atoms with Crippen molar-refractivity contribution in [3.05, 3.63) is 29.8 Å². The molecule has 0 saturated carbocycles. The highest BCUT2D eigenvalue weighted by Crippen LogP contribution is 2.19. The van der Waals surface area contributed by atoms with Crippen molar-refractivity contribution in [2.75, 3.05) is 5.75 Å². The molecule has 0 heterocycles. The Morgan fingerprint density at radius 3 is 2.07 bits per heavy atom. The van der Waals surface area contributed by atoms with E-state index in [0.29, 0.717) is 0 Å². The van der Waals surface area contributed by atoms with Crippen molar-refractivity contribution in [2.24, 2.45) is 5.41 Å². The minimum absolute atomic E-state index is 0.121. The van der Waals surface area contributed by atoms with Gasteiger partial charge in [0.15, 0.2) is 0 Å². The van der Waals surface area contributed by atoms with E-state index in [1.807, 2.05) is 31.2 Å². The third-order valence-corrected chi connectivity index (χ3v) is 3.77. The summed E-state index contributed by atoms with van der Waals surface area (Å²) in [6, 6.07) is 7.93. The third-order valence-electron chi connectivity index (χ3n) is 1.85. The number of aryl methyl sites for hydroxylation is 1. The van der Waals surface area contributed by atoms with Crippen LogP contribution in [0.4, 0.5) is 0 Å². The Balaban J connectivity index is 2.76. The van der Waals surface area contributed by atoms with E-state index in [0.717, 1.165) is 10.6 Å². The van der Waals surface area contributed by atoms with Crippen molar-refractivity contribution in [1.82, 2.24) is 0 Å². The Hall–Kier alpha value is -0.630. The van der Waals surface area contributed by atoms with Crippen LogP contribution in [0, 0.1) is 12.3 Å². The summed E-state index contributed by atoms with van der Waals surface area (Å²) in [7, 11) is -0.861. The van der Waals surface area contributed by atoms with E-state index in [1.54, 1.807) is 0 Å². The molecule has 0 amide bonds. The van der Waals surface area contributed by atoms with Crippen LogP contribution >= 0.6 is 0 Å². The van der Waals surface area contributed by atoms with E-state index in [9.17, 15) is 4.21 Å². The molecule has 0 aromatic heterocycles. The predicted molar refractivity (Wildman–Crippen MR) is 61.9 cm³/mol. The van der Waals surface area contributed by atoms with Crippen molar-refractivity contribution >= 4 is 10.8 Å². The topological polar surface area (TPSA) is 17.1 Å². The van der Waals surface area contributed by atoms with Gasteiger partial charge in [-0.1, -0.05) is 38.5 Å². The molecule has 0 fully saturated rings. The maximum absolute atomic E-state index is 11.9. The summed E-state index contributed by atoms with van der Waals surface area (Å²) in [5, 5.41) is 0. The Bertz CT molecular complexity index is 319. The van der Waals surface area contributed by atoms with Crippen LogP contribution in [-0.2, 0) is 10.8 Å². The van der Waals surface area contributed by atoms with Gasteiger partial charge in [0.05, 0.1) is 10.8 Å². The molecule has 1 aromatic rings. The molecular weight excluding hydrogens is 192 g/mol. The highest BCUT2D eigenvalue weighted by molar-refractivity contribution is 7.85. The molecule has 78 valence electrons. The zero-order chi connectivity index (χ0) is 10.8. The van der Waals surface area contributed by atoms with Crippen molar-refractivity contribution in [1.29, 1.82) is 0 Å². The molecule has 1 atom stereocenters. The van der Waals surface area contributed by atoms with Gasteiger partial charge < -0.3 is 0 Å². The van der Waals surface area contributed by atoms with Gasteiger partial charge in [0.25, 0.3) is 0 Å². The maximum atomic E-state index is 11.9. The zero-order valence-corrected chi connectivity index (χ0v) is 10.1. The third kappa shape index (κ3) is 3.62. The van der Waals surface area contributed by atoms with Crippen LogP contribution in [0.2, 0.25) is 0 Å². The monoisotopic (exact) mass is 210 g/mol. The molecule has 0 N–H and O–H groups in total. The van der Waals surface area contributed by atoms with E-state index in [1.165, 1.54) is 5.56 Å². The van der Waals surface area contributed by atoms with Crippen LogP contribution < -0.4 is 0 Å². The van der Waals surface area contributed by atoms with Crippen LogP contribution in [0.3, 0.4) is 0 Å². The second-order valence-corrected chi connectivity index (χ2v) is 6.31. The minimum Gasteiger partial charge on any atom is -0.254 e. The van der Waals surface area contributed by atoms with Crippen LogP contribution in [0.1, 0.15) is 26.3 Å². The molecule has 0 radical (unpaired) electrons. The van der Waals surface area contributed by atoms with E-state index < -0.39 is 10.8 Å². The van der Waals surface area contributed by atoms with Gasteiger partial charge in [-0.3, -0.25) is 4.21 Å². The molecule has 1 aromatic carbocycles. The first kappa shape index (κ1) is 11.4. The Morgan fingerprint density at radius 2 is 1.64 bits per heavy atom. The lowest BCUT2D eigenvalue weighted by Gasteiger charge is -2.17. The number of benzene rings is 1. The summed E-state index contributed by atoms with van der Waals surface area (Å²) < 4.78 is 11.9. The van der Waals surface area contributed by atoms with Crippen molar-refractivity contribution < 1.29 is 4.21 Å². The molecule has 1 unspecified atom stereocenters. The van der Waals surface area contributed by atoms with Crippen molar-refractivity contribution in [2.45, 2.75) is 32.6 Å². The van der Waals surface area contributed by atoms with Gasteiger partial charge >= 0.3 is 0 Å². The molecule has 1 rings (SSSR count). The summed E-state index contributed by atoms with van der Waals surface area (Å²) in [5.41, 5.74) is 1.33. The summed E-state index contributed by atoms with van der Waals surface area (Å²) in [5.74, 6) is 0.718. The van der Waals surface area contributed by atoms with Gasteiger partial charge in [0.1, 0.15) is 0 Å². The highest BCUT2D eigenvalue weighted by Gasteiger charge is 2.15. The fraction of sp³-hybridized carbons (Fsp3) is 0.500. The highest BCUT2D eigenvalue weighted by atomic mass is 32.2. The quantitative estimate of drug-likeness (QED) is 0.733. The van der Waals surface area contributed by atoms with E-state index >= 15 is 0 Å². The van der Waals surface area contributed by atoms with Crippen molar-refractivity contribution in [3.63, 3.8) is 0 Å². The lowest BCUT2D eigenvalue weighted by atomic mass is 10.0. The Kier molecular flexibility index (Phi) is 3.48. The molecule has 0 aliphatic rings. The van der Waals surface area contributed by atoms with E-state index in [-0.39, 0.29) is 5.41 Å². The summed E-state index contributed by atoms with van der Waals surface area (Å²) in [6.45, 7) is 8.37. The van der Waals surface area contributed by atoms with Crippen LogP contribution in [0.15, 0.2) is 29.2 Å². The smallest absolute Gasteiger partial charge is 0.0534 e. The second kappa shape index (κ2) is 4.26. The Labute approximate surface area is 89.0 Å². The standard InChI is InChI=1S/C12H18OS/c1-10-5-7-11(8-6-10)14(13)9-12(2,3)4/h5-8H,9H2,1-4H3. The zero-order valence-electron chi connectivity index (χ0n) is 9.33. The van der Waals surface area contributed by atoms with E-state index in [4.69, 9.17) is 0 Å². The molecule has 0 bridgehead atoms. The molecule has 0 aliphatic heterocycles. The lowest BCUT2D eigenvalue weighted by Crippen LogP contribution is -2.16. The van der Waals surface area contributed by atoms with Crippen LogP contribution in [-0.4, -0.2) is 9.96 Å². The summed E-state index contributed by atoms with van der Waals surface area (Å²) >= 11 is 0. The fourth-order valence-electron chi connectivity index (χ4n) is 1.17. The molecule has 14 heavy (non-hydrogen) atoms. The largest absolute Gasteiger partial charge is 0.254 e. The van der Waals surface area contributed by atoms with Gasteiger partial charge in [-0.15, -0.1) is 0 Å². The minimum atomic E-state index is -0.861. The first-order valence-corrected chi connectivity index (χ1v) is 6.15. The number of hydrogen-bond acceptors (Lipinski definition) is 1. The van der Waals surface area contributed by atoms with Gasteiger partial charge in [-0.05, 0) is 24.5 Å². The average molecular weight is 210 g/mol. The molecule has 1 nitrogen and oxygen atoms in total. The van der Waals surface area contributed by atoms with Crippen LogP contribution in [0.25, 0.3) is 0 Å². The lowest BCUT2D eigenvalue weighted by molar-refractivity contribution is 0.474. The molecule has 0 spiro atoms. The number of hydrogen-bond donors (Lipinski definition) is 0. The number of rotatable bonds is 2. The van der Waals surface area contributed by atoms with Gasteiger partial charge in [0, 0.05) is 10.6 Å². The maximum Gasteiger partial charge on any atom is 0.0534 e. The van der Waals surface area contributed by atoms with E-state index in [2.05, 4.69) is 20.8 Å². The van der Waals surface area contributed by atoms with Crippen LogP contribution in [0.5, 0.6) is 0 Å². The van der Waals surface area contributed by atoms with Gasteiger partial charge in [0.2, 0.25) is 0 Å². The molecular formula is C12H18OS. The average Bonchev–Trinajstić information content (AvgIpc) is 2.02. The molecule has 0 saturated heterocycles. The first-order valence-electron chi connectivity index (χ1n) is 4.83. The normalized spacial score (nSPS) is 14.0. The molecule has 2 heteroatoms. The fourth-order valence-corrected chi connectivity index (χ4v) is 2.56. The Morgan fingerprint density at radius 1 is 1.14 bits per heavy atom. The van der Waals surface area contributed by atoms with Crippen molar-refractivity contribution in [3.8, 4) is 0 Å². The summed E-state index contributed by atoms with van der Waals surface area (Å²) in [6.07, 6.45) is 0. The first-order chi connectivity index (χ1) is 6.38. The SMILES string of the molecule is Cc1ccc(S(=O)CC(C)(C)C)cc1. The summed E-state index contributed by atoms with van der Waals surface area (Å²) in [4.78, 5) is 0.936. The van der Waals surface area contributed by atoms with Gasteiger partial charge in [-0.2, -0.15) is 0 Å².